The molecule has 1 saturated heterocycles. The molecule has 0 amide bonds. The Balaban J connectivity index is 1.89. The van der Waals surface area contributed by atoms with Crippen LogP contribution in [0.25, 0.3) is 0 Å². The number of rotatable bonds is 3. The highest BCUT2D eigenvalue weighted by Gasteiger charge is 2.41. The zero-order chi connectivity index (χ0) is 23.4. The maximum atomic E-state index is 13.1. The molecule has 3 rings (SSSR count). The minimum atomic E-state index is -5.07. The van der Waals surface area contributed by atoms with Crippen molar-refractivity contribution in [2.45, 2.75) is 44.5 Å². The van der Waals surface area contributed by atoms with E-state index >= 15 is 0 Å². The topological polar surface area (TPSA) is 48.5 Å². The molecule has 172 valence electrons. The Hall–Kier alpha value is -2.25. The van der Waals surface area contributed by atoms with E-state index in [0.29, 0.717) is 12.1 Å². The zero-order valence-corrected chi connectivity index (χ0v) is 15.6. The molecule has 13 heteroatoms. The third-order valence-electron chi connectivity index (χ3n) is 4.68. The average molecular weight is 462 g/mol. The van der Waals surface area contributed by atoms with Crippen LogP contribution < -0.4 is 0 Å². The molecule has 2 heterocycles. The molecule has 1 aromatic heterocycles. The quantitative estimate of drug-likeness (QED) is 0.615. The van der Waals surface area contributed by atoms with Gasteiger partial charge in [0.2, 0.25) is 6.41 Å². The largest absolute Gasteiger partial charge is 0.418 e. The first-order chi connectivity index (χ1) is 14.1. The number of nitrogens with zero attached hydrogens (tertiary/aromatic N) is 1. The molecule has 0 radical (unpaired) electrons. The molecule has 4 nitrogen and oxygen atoms in total. The number of aromatic amines is 1. The monoisotopic (exact) mass is 462 g/mol. The van der Waals surface area contributed by atoms with Crippen molar-refractivity contribution in [1.82, 2.24) is 9.88 Å². The van der Waals surface area contributed by atoms with Gasteiger partial charge in [-0.2, -0.15) is 39.5 Å². The van der Waals surface area contributed by atoms with E-state index in [9.17, 15) is 44.6 Å². The molecule has 2 aromatic rings. The summed E-state index contributed by atoms with van der Waals surface area (Å²) in [7, 11) is 0. The van der Waals surface area contributed by atoms with Gasteiger partial charge in [-0.15, -0.1) is 0 Å². The van der Waals surface area contributed by atoms with E-state index in [4.69, 9.17) is 4.74 Å². The van der Waals surface area contributed by atoms with Crippen molar-refractivity contribution in [2.24, 2.45) is 0 Å². The highest BCUT2D eigenvalue weighted by Crippen LogP contribution is 2.40. The van der Waals surface area contributed by atoms with E-state index in [1.54, 1.807) is 0 Å². The number of benzene rings is 1. The van der Waals surface area contributed by atoms with Gasteiger partial charge in [-0.3, -0.25) is 0 Å². The van der Waals surface area contributed by atoms with Crippen LogP contribution in [0.4, 0.5) is 39.5 Å². The van der Waals surface area contributed by atoms with Crippen LogP contribution in [0, 0.1) is 6.92 Å². The standard InChI is InChI=1S/C18H15F9N2O2/c1-8-2-12(18(25,26)27)13(28-8)6-29-7-14(31-15(29)30)9-3-10(16(19,20)21)5-11(4-9)17(22,23)24/h2-5,14-15,28,30H,6-7H2,1H3. The number of H-pyrrole nitrogens is 1. The lowest BCUT2D eigenvalue weighted by molar-refractivity contribution is -0.156. The van der Waals surface area contributed by atoms with Crippen LogP contribution >= 0.6 is 0 Å². The summed E-state index contributed by atoms with van der Waals surface area (Å²) in [5.74, 6) is 0. The Kier molecular flexibility index (Phi) is 5.82. The predicted molar refractivity (Wildman–Crippen MR) is 87.2 cm³/mol. The lowest BCUT2D eigenvalue weighted by Crippen LogP contribution is -2.30. The van der Waals surface area contributed by atoms with Gasteiger partial charge in [0, 0.05) is 24.5 Å². The maximum absolute atomic E-state index is 13.1. The molecule has 1 aliphatic heterocycles. The molecule has 2 atom stereocenters. The summed E-state index contributed by atoms with van der Waals surface area (Å²) in [6, 6.07) is 1.70. The van der Waals surface area contributed by atoms with Crippen LogP contribution in [0.1, 0.15) is 39.7 Å². The first-order valence-electron chi connectivity index (χ1n) is 8.68. The molecule has 0 bridgehead atoms. The predicted octanol–water partition coefficient (Wildman–Crippen LogP) is 5.23. The van der Waals surface area contributed by atoms with Crippen molar-refractivity contribution in [3.63, 3.8) is 0 Å². The van der Waals surface area contributed by atoms with Gasteiger partial charge in [-0.1, -0.05) is 0 Å². The molecule has 1 aliphatic rings. The summed E-state index contributed by atoms with van der Waals surface area (Å²) < 4.78 is 123. The van der Waals surface area contributed by atoms with E-state index in [1.165, 1.54) is 6.92 Å². The number of aromatic nitrogens is 1. The number of nitrogens with one attached hydrogen (secondary N) is 1. The van der Waals surface area contributed by atoms with E-state index in [0.717, 1.165) is 11.0 Å². The number of hydrogen-bond acceptors (Lipinski definition) is 3. The van der Waals surface area contributed by atoms with Gasteiger partial charge in [0.15, 0.2) is 0 Å². The van der Waals surface area contributed by atoms with Crippen molar-refractivity contribution in [2.75, 3.05) is 6.54 Å². The molecule has 0 aliphatic carbocycles. The number of aliphatic hydroxyl groups excluding tert-OH is 1. The van der Waals surface area contributed by atoms with E-state index in [-0.39, 0.29) is 17.5 Å². The van der Waals surface area contributed by atoms with Crippen molar-refractivity contribution in [1.29, 1.82) is 0 Å². The summed E-state index contributed by atoms with van der Waals surface area (Å²) in [5.41, 5.74) is -4.78. The Morgan fingerprint density at radius 2 is 1.48 bits per heavy atom. The van der Waals surface area contributed by atoms with Gasteiger partial charge in [0.25, 0.3) is 0 Å². The van der Waals surface area contributed by atoms with Crippen molar-refractivity contribution < 1.29 is 49.4 Å². The SMILES string of the molecule is Cc1cc(C(F)(F)F)c(CN2CC(c3cc(C(F)(F)F)cc(C(F)(F)F)c3)OC2O)[nH]1. The molecule has 0 saturated carbocycles. The van der Waals surface area contributed by atoms with E-state index < -0.39 is 66.4 Å². The zero-order valence-electron chi connectivity index (χ0n) is 15.6. The second-order valence-electron chi connectivity index (χ2n) is 7.06. The molecule has 1 aromatic carbocycles. The Bertz CT molecular complexity index is 915. The Morgan fingerprint density at radius 1 is 0.935 bits per heavy atom. The number of aryl methyl sites for hydroxylation is 1. The maximum Gasteiger partial charge on any atom is 0.418 e. The van der Waals surface area contributed by atoms with Crippen molar-refractivity contribution in [3.05, 3.63) is 57.9 Å². The number of aliphatic hydroxyl groups is 1. The van der Waals surface area contributed by atoms with Crippen molar-refractivity contribution in [3.8, 4) is 0 Å². The van der Waals surface area contributed by atoms with E-state index in [1.807, 2.05) is 0 Å². The molecule has 31 heavy (non-hydrogen) atoms. The fraction of sp³-hybridized carbons (Fsp3) is 0.444. The summed E-state index contributed by atoms with van der Waals surface area (Å²) in [6.07, 6.45) is -18.1. The molecular weight excluding hydrogens is 447 g/mol. The summed E-state index contributed by atoms with van der Waals surface area (Å²) in [6.45, 7) is 0.417. The third kappa shape index (κ3) is 5.15. The van der Waals surface area contributed by atoms with Gasteiger partial charge >= 0.3 is 18.5 Å². The molecular formula is C18H15F9N2O2. The second-order valence-corrected chi connectivity index (χ2v) is 7.06. The summed E-state index contributed by atoms with van der Waals surface area (Å²) >= 11 is 0. The number of alkyl halides is 9. The minimum Gasteiger partial charge on any atom is -0.361 e. The van der Waals surface area contributed by atoms with Gasteiger partial charge in [0.1, 0.15) is 0 Å². The number of hydrogen-bond donors (Lipinski definition) is 2. The summed E-state index contributed by atoms with van der Waals surface area (Å²) in [5, 5.41) is 10.0. The molecule has 0 spiro atoms. The Labute approximate surface area is 169 Å². The lowest BCUT2D eigenvalue weighted by atomic mass is 10.0. The van der Waals surface area contributed by atoms with E-state index in [2.05, 4.69) is 4.98 Å². The highest BCUT2D eigenvalue weighted by atomic mass is 19.4. The lowest BCUT2D eigenvalue weighted by Gasteiger charge is -2.18. The average Bonchev–Trinajstić information content (AvgIpc) is 3.16. The number of ether oxygens (including phenoxy) is 1. The van der Waals surface area contributed by atoms with Gasteiger partial charge in [-0.05, 0) is 36.8 Å². The molecule has 2 unspecified atom stereocenters. The molecule has 2 N–H and O–H groups in total. The van der Waals surface area contributed by atoms with Gasteiger partial charge in [-0.25, -0.2) is 4.90 Å². The van der Waals surface area contributed by atoms with Crippen LogP contribution in [0.15, 0.2) is 24.3 Å². The molecule has 1 fully saturated rings. The van der Waals surface area contributed by atoms with Crippen molar-refractivity contribution >= 4 is 0 Å². The third-order valence-corrected chi connectivity index (χ3v) is 4.68. The fourth-order valence-electron chi connectivity index (χ4n) is 3.30. The van der Waals surface area contributed by atoms with Gasteiger partial charge in [0.05, 0.1) is 22.8 Å². The smallest absolute Gasteiger partial charge is 0.361 e. The Morgan fingerprint density at radius 3 is 1.97 bits per heavy atom. The normalized spacial score (nSPS) is 21.1. The van der Waals surface area contributed by atoms with Crippen LogP contribution in [0.2, 0.25) is 0 Å². The number of halogens is 9. The second kappa shape index (κ2) is 7.71. The van der Waals surface area contributed by atoms with Crippen LogP contribution in [-0.2, 0) is 29.8 Å². The summed E-state index contributed by atoms with van der Waals surface area (Å²) in [4.78, 5) is 3.44. The van der Waals surface area contributed by atoms with Crippen LogP contribution in [0.5, 0.6) is 0 Å². The fourth-order valence-corrected chi connectivity index (χ4v) is 3.30. The van der Waals surface area contributed by atoms with Crippen LogP contribution in [-0.4, -0.2) is 27.9 Å². The first kappa shape index (κ1) is 23.4. The van der Waals surface area contributed by atoms with Crippen LogP contribution in [0.3, 0.4) is 0 Å². The highest BCUT2D eigenvalue weighted by molar-refractivity contribution is 5.35. The van der Waals surface area contributed by atoms with Gasteiger partial charge < -0.3 is 14.8 Å². The first-order valence-corrected chi connectivity index (χ1v) is 8.68. The minimum absolute atomic E-state index is 0.0516.